The van der Waals surface area contributed by atoms with Crippen LogP contribution in [0, 0.1) is 13.8 Å². The lowest BCUT2D eigenvalue weighted by atomic mass is 9.96. The molecule has 0 fully saturated rings. The van der Waals surface area contributed by atoms with Gasteiger partial charge >= 0.3 is 5.97 Å². The van der Waals surface area contributed by atoms with Crippen LogP contribution >= 0.6 is 11.3 Å². The van der Waals surface area contributed by atoms with Gasteiger partial charge in [0.2, 0.25) is 0 Å². The van der Waals surface area contributed by atoms with Crippen molar-refractivity contribution in [3.63, 3.8) is 0 Å². The lowest BCUT2D eigenvalue weighted by Crippen LogP contribution is -2.29. The molecule has 0 spiro atoms. The summed E-state index contributed by atoms with van der Waals surface area (Å²) in [4.78, 5) is 14.9. The standard InChI is InChI=1S/C20H26O3S/c1-7-22-19(21)18(23-20(4,5)6)17-14(3)24-13(2)16(17)15-11-9-8-10-12-15/h8-12,18H,7H2,1-6H3. The van der Waals surface area contributed by atoms with E-state index in [9.17, 15) is 4.79 Å². The predicted molar refractivity (Wildman–Crippen MR) is 99.4 cm³/mol. The molecule has 1 aromatic heterocycles. The summed E-state index contributed by atoms with van der Waals surface area (Å²) < 4.78 is 11.4. The lowest BCUT2D eigenvalue weighted by Gasteiger charge is -2.27. The largest absolute Gasteiger partial charge is 0.464 e. The summed E-state index contributed by atoms with van der Waals surface area (Å²) >= 11 is 1.69. The van der Waals surface area contributed by atoms with Crippen molar-refractivity contribution in [3.8, 4) is 11.1 Å². The van der Waals surface area contributed by atoms with Crippen molar-refractivity contribution in [2.75, 3.05) is 6.61 Å². The average molecular weight is 346 g/mol. The van der Waals surface area contributed by atoms with Gasteiger partial charge in [0.1, 0.15) is 0 Å². The van der Waals surface area contributed by atoms with Crippen LogP contribution in [0.4, 0.5) is 0 Å². The first-order chi connectivity index (χ1) is 11.2. The minimum absolute atomic E-state index is 0.328. The Kier molecular flexibility index (Phi) is 5.83. The van der Waals surface area contributed by atoms with Crippen LogP contribution in [-0.2, 0) is 14.3 Å². The molecule has 3 nitrogen and oxygen atoms in total. The molecule has 0 aliphatic carbocycles. The average Bonchev–Trinajstić information content (AvgIpc) is 2.79. The number of esters is 1. The maximum Gasteiger partial charge on any atom is 0.340 e. The molecule has 0 saturated carbocycles. The summed E-state index contributed by atoms with van der Waals surface area (Å²) in [6, 6.07) is 10.1. The first-order valence-corrected chi connectivity index (χ1v) is 9.06. The third-order valence-electron chi connectivity index (χ3n) is 3.60. The van der Waals surface area contributed by atoms with Gasteiger partial charge in [-0.25, -0.2) is 4.79 Å². The number of benzene rings is 1. The fourth-order valence-electron chi connectivity index (χ4n) is 2.78. The lowest BCUT2D eigenvalue weighted by molar-refractivity contribution is -0.166. The van der Waals surface area contributed by atoms with E-state index < -0.39 is 11.7 Å². The summed E-state index contributed by atoms with van der Waals surface area (Å²) in [6.45, 7) is 12.1. The van der Waals surface area contributed by atoms with E-state index in [1.54, 1.807) is 11.3 Å². The molecule has 2 aromatic rings. The molecule has 0 aliphatic heterocycles. The highest BCUT2D eigenvalue weighted by Crippen LogP contribution is 2.42. The van der Waals surface area contributed by atoms with E-state index >= 15 is 0 Å². The summed E-state index contributed by atoms with van der Waals surface area (Å²) in [6.07, 6.45) is -0.717. The van der Waals surface area contributed by atoms with Crippen molar-refractivity contribution in [2.24, 2.45) is 0 Å². The molecule has 0 amide bonds. The third-order valence-corrected chi connectivity index (χ3v) is 4.64. The number of thiophene rings is 1. The SMILES string of the molecule is CCOC(=O)C(OC(C)(C)C)c1c(C)sc(C)c1-c1ccccc1. The fraction of sp³-hybridized carbons (Fsp3) is 0.450. The van der Waals surface area contributed by atoms with Gasteiger partial charge in [0, 0.05) is 20.9 Å². The summed E-state index contributed by atoms with van der Waals surface area (Å²) in [5, 5.41) is 0. The summed E-state index contributed by atoms with van der Waals surface area (Å²) in [5.41, 5.74) is 2.66. The molecule has 1 unspecified atom stereocenters. The molecule has 1 atom stereocenters. The van der Waals surface area contributed by atoms with Crippen molar-refractivity contribution in [3.05, 3.63) is 45.6 Å². The van der Waals surface area contributed by atoms with E-state index in [0.717, 1.165) is 21.6 Å². The van der Waals surface area contributed by atoms with Gasteiger partial charge in [-0.15, -0.1) is 11.3 Å². The molecule has 0 aliphatic rings. The highest BCUT2D eigenvalue weighted by atomic mass is 32.1. The second-order valence-corrected chi connectivity index (χ2v) is 8.16. The molecule has 0 saturated heterocycles. The summed E-state index contributed by atoms with van der Waals surface area (Å²) in [5.74, 6) is -0.328. The number of hydrogen-bond acceptors (Lipinski definition) is 4. The van der Waals surface area contributed by atoms with Crippen molar-refractivity contribution in [1.82, 2.24) is 0 Å². The minimum atomic E-state index is -0.717. The molecule has 1 heterocycles. The Bertz CT molecular complexity index is 696. The van der Waals surface area contributed by atoms with E-state index in [1.807, 2.05) is 52.8 Å². The van der Waals surface area contributed by atoms with Crippen LogP contribution < -0.4 is 0 Å². The Hall–Kier alpha value is -1.65. The number of carbonyl (C=O) groups is 1. The molecule has 24 heavy (non-hydrogen) atoms. The zero-order chi connectivity index (χ0) is 17.9. The number of rotatable bonds is 5. The zero-order valence-corrected chi connectivity index (χ0v) is 16.1. The number of ether oxygens (including phenoxy) is 2. The van der Waals surface area contributed by atoms with Gasteiger partial charge in [-0.1, -0.05) is 30.3 Å². The summed E-state index contributed by atoms with van der Waals surface area (Å²) in [7, 11) is 0. The maximum absolute atomic E-state index is 12.6. The van der Waals surface area contributed by atoms with Crippen LogP contribution in [0.1, 0.15) is 49.1 Å². The molecule has 2 rings (SSSR count). The Morgan fingerprint density at radius 2 is 1.75 bits per heavy atom. The van der Waals surface area contributed by atoms with E-state index in [1.165, 1.54) is 4.88 Å². The smallest absolute Gasteiger partial charge is 0.340 e. The maximum atomic E-state index is 12.6. The Labute approximate surface area is 148 Å². The van der Waals surface area contributed by atoms with Crippen molar-refractivity contribution in [2.45, 2.75) is 53.2 Å². The molecule has 4 heteroatoms. The van der Waals surface area contributed by atoms with Gasteiger partial charge in [0.25, 0.3) is 0 Å². The van der Waals surface area contributed by atoms with E-state index in [2.05, 4.69) is 19.1 Å². The normalized spacial score (nSPS) is 12.9. The van der Waals surface area contributed by atoms with Crippen LogP contribution in [0.2, 0.25) is 0 Å². The van der Waals surface area contributed by atoms with Gasteiger partial charge in [-0.2, -0.15) is 0 Å². The highest BCUT2D eigenvalue weighted by molar-refractivity contribution is 7.12. The van der Waals surface area contributed by atoms with Crippen molar-refractivity contribution in [1.29, 1.82) is 0 Å². The van der Waals surface area contributed by atoms with Gasteiger partial charge in [0.15, 0.2) is 6.10 Å². The van der Waals surface area contributed by atoms with Gasteiger partial charge in [-0.3, -0.25) is 0 Å². The first kappa shape index (κ1) is 18.7. The quantitative estimate of drug-likeness (QED) is 0.675. The zero-order valence-electron chi connectivity index (χ0n) is 15.3. The van der Waals surface area contributed by atoms with Gasteiger partial charge in [0.05, 0.1) is 12.2 Å². The van der Waals surface area contributed by atoms with E-state index in [0.29, 0.717) is 6.61 Å². The first-order valence-electron chi connectivity index (χ1n) is 8.24. The second-order valence-electron chi connectivity index (χ2n) is 6.73. The third kappa shape index (κ3) is 4.25. The number of hydrogen-bond donors (Lipinski definition) is 0. The van der Waals surface area contributed by atoms with E-state index in [-0.39, 0.29) is 5.97 Å². The highest BCUT2D eigenvalue weighted by Gasteiger charge is 2.33. The van der Waals surface area contributed by atoms with Gasteiger partial charge < -0.3 is 9.47 Å². The van der Waals surface area contributed by atoms with Crippen molar-refractivity contribution < 1.29 is 14.3 Å². The van der Waals surface area contributed by atoms with Gasteiger partial charge in [-0.05, 0) is 47.1 Å². The molecule has 1 aromatic carbocycles. The Balaban J connectivity index is 2.59. The van der Waals surface area contributed by atoms with Crippen LogP contribution in [0.15, 0.2) is 30.3 Å². The number of carbonyl (C=O) groups excluding carboxylic acids is 1. The Morgan fingerprint density at radius 1 is 1.12 bits per heavy atom. The second kappa shape index (κ2) is 7.49. The predicted octanol–water partition coefficient (Wildman–Crippen LogP) is 5.45. The number of aryl methyl sites for hydroxylation is 2. The molecule has 0 N–H and O–H groups in total. The molecular formula is C20H26O3S. The van der Waals surface area contributed by atoms with E-state index in [4.69, 9.17) is 9.47 Å². The van der Waals surface area contributed by atoms with Crippen LogP contribution in [0.5, 0.6) is 0 Å². The van der Waals surface area contributed by atoms with Crippen LogP contribution in [0.25, 0.3) is 11.1 Å². The molecule has 0 radical (unpaired) electrons. The minimum Gasteiger partial charge on any atom is -0.464 e. The van der Waals surface area contributed by atoms with Crippen molar-refractivity contribution >= 4 is 17.3 Å². The fourth-order valence-corrected chi connectivity index (χ4v) is 3.89. The topological polar surface area (TPSA) is 35.5 Å². The monoisotopic (exact) mass is 346 g/mol. The molecule has 130 valence electrons. The molecule has 0 bridgehead atoms. The van der Waals surface area contributed by atoms with Crippen LogP contribution in [-0.4, -0.2) is 18.2 Å². The Morgan fingerprint density at radius 3 is 2.29 bits per heavy atom. The molecular weight excluding hydrogens is 320 g/mol. The van der Waals surface area contributed by atoms with Crippen LogP contribution in [0.3, 0.4) is 0 Å².